The van der Waals surface area contributed by atoms with E-state index in [9.17, 15) is 9.59 Å². The summed E-state index contributed by atoms with van der Waals surface area (Å²) in [6.07, 6.45) is 1.47. The third-order valence-electron chi connectivity index (χ3n) is 3.45. The molecule has 7 nitrogen and oxygen atoms in total. The molecule has 0 fully saturated rings. The number of amides is 1. The van der Waals surface area contributed by atoms with E-state index in [0.717, 1.165) is 0 Å². The van der Waals surface area contributed by atoms with E-state index in [1.165, 1.54) is 23.9 Å². The van der Waals surface area contributed by atoms with Crippen LogP contribution in [-0.4, -0.2) is 30.8 Å². The van der Waals surface area contributed by atoms with Gasteiger partial charge in [0.25, 0.3) is 5.91 Å². The zero-order chi connectivity index (χ0) is 16.4. The van der Waals surface area contributed by atoms with Crippen LogP contribution in [0.5, 0.6) is 17.2 Å². The molecule has 1 aliphatic rings. The van der Waals surface area contributed by atoms with E-state index in [1.807, 2.05) is 0 Å². The van der Waals surface area contributed by atoms with Gasteiger partial charge in [0.15, 0.2) is 17.2 Å². The maximum Gasteiger partial charge on any atom is 0.272 e. The van der Waals surface area contributed by atoms with E-state index in [0.29, 0.717) is 30.4 Å². The Bertz CT molecular complexity index is 813. The van der Waals surface area contributed by atoms with Crippen molar-refractivity contribution < 1.29 is 19.0 Å². The van der Waals surface area contributed by atoms with Gasteiger partial charge in [-0.25, -0.2) is 0 Å². The molecule has 0 atom stereocenters. The van der Waals surface area contributed by atoms with Crippen LogP contribution in [0.3, 0.4) is 0 Å². The minimum atomic E-state index is -0.399. The lowest BCUT2D eigenvalue weighted by molar-refractivity contribution is 0.101. The molecule has 120 valence electrons. The molecule has 2 aromatic rings. The van der Waals surface area contributed by atoms with Crippen LogP contribution in [0.4, 0.5) is 5.69 Å². The van der Waals surface area contributed by atoms with E-state index in [2.05, 4.69) is 5.32 Å². The summed E-state index contributed by atoms with van der Waals surface area (Å²) < 4.78 is 17.4. The van der Waals surface area contributed by atoms with Gasteiger partial charge in [-0.3, -0.25) is 9.59 Å². The van der Waals surface area contributed by atoms with Crippen LogP contribution in [0.15, 0.2) is 35.3 Å². The van der Waals surface area contributed by atoms with Crippen LogP contribution in [-0.2, 0) is 7.05 Å². The van der Waals surface area contributed by atoms with E-state index in [-0.39, 0.29) is 16.9 Å². The first kappa shape index (κ1) is 15.0. The van der Waals surface area contributed by atoms with Gasteiger partial charge in [0, 0.05) is 24.9 Å². The lowest BCUT2D eigenvalue weighted by Gasteiger charge is -2.19. The Morgan fingerprint density at radius 2 is 1.96 bits per heavy atom. The lowest BCUT2D eigenvalue weighted by Crippen LogP contribution is -2.21. The molecular formula is C16H16N2O5. The number of carbonyl (C=O) groups excluding carboxylic acids is 1. The Labute approximate surface area is 132 Å². The zero-order valence-corrected chi connectivity index (χ0v) is 12.8. The fourth-order valence-electron chi connectivity index (χ4n) is 2.30. The molecule has 0 spiro atoms. The second-order valence-electron chi connectivity index (χ2n) is 5.01. The fraction of sp³-hybridized carbons (Fsp3) is 0.250. The van der Waals surface area contributed by atoms with Crippen LogP contribution in [0.1, 0.15) is 10.5 Å². The van der Waals surface area contributed by atoms with Gasteiger partial charge >= 0.3 is 0 Å². The quantitative estimate of drug-likeness (QED) is 0.926. The SMILES string of the molecule is COc1cn(C)c(C(=O)Nc2ccc3c(c2)OCCO3)cc1=O. The molecular weight excluding hydrogens is 300 g/mol. The van der Waals surface area contributed by atoms with Crippen molar-refractivity contribution in [1.29, 1.82) is 0 Å². The molecule has 0 saturated heterocycles. The minimum Gasteiger partial charge on any atom is -0.491 e. The minimum absolute atomic E-state index is 0.184. The number of ether oxygens (including phenoxy) is 3. The number of anilines is 1. The number of benzene rings is 1. The smallest absolute Gasteiger partial charge is 0.272 e. The number of rotatable bonds is 3. The number of aromatic nitrogens is 1. The molecule has 0 unspecified atom stereocenters. The summed E-state index contributed by atoms with van der Waals surface area (Å²) in [6, 6.07) is 6.38. The molecule has 3 rings (SSSR count). The van der Waals surface area contributed by atoms with Gasteiger partial charge in [0.1, 0.15) is 18.9 Å². The second kappa shape index (κ2) is 6.04. The van der Waals surface area contributed by atoms with Crippen LogP contribution in [0, 0.1) is 0 Å². The van der Waals surface area contributed by atoms with E-state index in [4.69, 9.17) is 14.2 Å². The van der Waals surface area contributed by atoms with Crippen molar-refractivity contribution in [2.24, 2.45) is 7.05 Å². The topological polar surface area (TPSA) is 78.8 Å². The highest BCUT2D eigenvalue weighted by Crippen LogP contribution is 2.32. The van der Waals surface area contributed by atoms with Crippen molar-refractivity contribution in [1.82, 2.24) is 4.57 Å². The molecule has 1 amide bonds. The first-order valence-corrected chi connectivity index (χ1v) is 7.04. The number of fused-ring (bicyclic) bond motifs is 1. The molecule has 1 aromatic heterocycles. The largest absolute Gasteiger partial charge is 0.491 e. The highest BCUT2D eigenvalue weighted by atomic mass is 16.6. The first-order chi connectivity index (χ1) is 11.1. The third-order valence-corrected chi connectivity index (χ3v) is 3.45. The molecule has 0 saturated carbocycles. The molecule has 1 aromatic carbocycles. The summed E-state index contributed by atoms with van der Waals surface area (Å²) >= 11 is 0. The average Bonchev–Trinajstić information content (AvgIpc) is 2.56. The number of pyridine rings is 1. The van der Waals surface area contributed by atoms with Crippen molar-refractivity contribution in [3.8, 4) is 17.2 Å². The van der Waals surface area contributed by atoms with Crippen LogP contribution >= 0.6 is 0 Å². The van der Waals surface area contributed by atoms with Gasteiger partial charge < -0.3 is 24.1 Å². The number of nitrogens with one attached hydrogen (secondary N) is 1. The summed E-state index contributed by atoms with van der Waals surface area (Å²) in [4.78, 5) is 24.2. The van der Waals surface area contributed by atoms with E-state index < -0.39 is 5.91 Å². The highest BCUT2D eigenvalue weighted by molar-refractivity contribution is 6.03. The van der Waals surface area contributed by atoms with Crippen molar-refractivity contribution >= 4 is 11.6 Å². The Morgan fingerprint density at radius 1 is 1.22 bits per heavy atom. The van der Waals surface area contributed by atoms with Gasteiger partial charge in [0.2, 0.25) is 5.43 Å². The van der Waals surface area contributed by atoms with Crippen molar-refractivity contribution in [3.05, 3.63) is 46.4 Å². The van der Waals surface area contributed by atoms with Gasteiger partial charge in [-0.15, -0.1) is 0 Å². The molecule has 0 aliphatic carbocycles. The fourth-order valence-corrected chi connectivity index (χ4v) is 2.30. The van der Waals surface area contributed by atoms with Crippen LogP contribution < -0.4 is 25.0 Å². The Hall–Kier alpha value is -2.96. The summed E-state index contributed by atoms with van der Waals surface area (Å²) in [5, 5.41) is 2.74. The zero-order valence-electron chi connectivity index (χ0n) is 12.8. The molecule has 23 heavy (non-hydrogen) atoms. The van der Waals surface area contributed by atoms with Crippen molar-refractivity contribution in [3.63, 3.8) is 0 Å². The maximum atomic E-state index is 12.4. The summed E-state index contributed by atoms with van der Waals surface area (Å²) in [7, 11) is 3.08. The van der Waals surface area contributed by atoms with E-state index >= 15 is 0 Å². The standard InChI is InChI=1S/C16H16N2O5/c1-18-9-15(21-2)12(19)8-11(18)16(20)17-10-3-4-13-14(7-10)23-6-5-22-13/h3-4,7-9H,5-6H2,1-2H3,(H,17,20). The van der Waals surface area contributed by atoms with Gasteiger partial charge in [0.05, 0.1) is 13.3 Å². The average molecular weight is 316 g/mol. The van der Waals surface area contributed by atoms with Crippen molar-refractivity contribution in [2.45, 2.75) is 0 Å². The number of hydrogen-bond acceptors (Lipinski definition) is 5. The Morgan fingerprint density at radius 3 is 2.70 bits per heavy atom. The second-order valence-corrected chi connectivity index (χ2v) is 5.01. The molecule has 0 radical (unpaired) electrons. The van der Waals surface area contributed by atoms with Crippen LogP contribution in [0.2, 0.25) is 0 Å². The number of carbonyl (C=O) groups is 1. The summed E-state index contributed by atoms with van der Waals surface area (Å²) in [6.45, 7) is 0.976. The van der Waals surface area contributed by atoms with Crippen molar-refractivity contribution in [2.75, 3.05) is 25.6 Å². The molecule has 0 bridgehead atoms. The molecule has 7 heteroatoms. The summed E-state index contributed by atoms with van der Waals surface area (Å²) in [5.74, 6) is 1.01. The molecule has 1 N–H and O–H groups in total. The van der Waals surface area contributed by atoms with E-state index in [1.54, 1.807) is 25.2 Å². The molecule has 1 aliphatic heterocycles. The van der Waals surface area contributed by atoms with Gasteiger partial charge in [-0.2, -0.15) is 0 Å². The maximum absolute atomic E-state index is 12.4. The predicted octanol–water partition coefficient (Wildman–Crippen LogP) is 1.42. The number of aryl methyl sites for hydroxylation is 1. The predicted molar refractivity (Wildman–Crippen MR) is 83.6 cm³/mol. The Kier molecular flexibility index (Phi) is 3.92. The normalized spacial score (nSPS) is 12.6. The molecule has 2 heterocycles. The summed E-state index contributed by atoms with van der Waals surface area (Å²) in [5.41, 5.74) is 0.436. The first-order valence-electron chi connectivity index (χ1n) is 7.04. The van der Waals surface area contributed by atoms with Gasteiger partial charge in [-0.05, 0) is 12.1 Å². The number of nitrogens with zero attached hydrogens (tertiary/aromatic N) is 1. The highest BCUT2D eigenvalue weighted by Gasteiger charge is 2.15. The number of methoxy groups -OCH3 is 1. The lowest BCUT2D eigenvalue weighted by atomic mass is 10.2. The monoisotopic (exact) mass is 316 g/mol. The van der Waals surface area contributed by atoms with Gasteiger partial charge in [-0.1, -0.05) is 0 Å². The Balaban J connectivity index is 1.85. The number of hydrogen-bond donors (Lipinski definition) is 1. The third kappa shape index (κ3) is 2.98. The van der Waals surface area contributed by atoms with Crippen LogP contribution in [0.25, 0.3) is 0 Å².